The summed E-state index contributed by atoms with van der Waals surface area (Å²) in [5.41, 5.74) is 3.15. The van der Waals surface area contributed by atoms with Crippen molar-refractivity contribution in [3.05, 3.63) is 65.2 Å². The van der Waals surface area contributed by atoms with Crippen LogP contribution in [0.15, 0.2) is 48.5 Å². The molecule has 0 aliphatic rings. The maximum Gasteiger partial charge on any atom is 0.115 e. The second-order valence-electron chi connectivity index (χ2n) is 9.93. The fourth-order valence-corrected chi connectivity index (χ4v) is 4.88. The first kappa shape index (κ1) is 40.6. The monoisotopic (exact) mass is 722 g/mol. The van der Waals surface area contributed by atoms with Crippen LogP contribution in [0.2, 0.25) is 0 Å². The third-order valence-electron chi connectivity index (χ3n) is 6.01. The zero-order valence-corrected chi connectivity index (χ0v) is 31.2. The molecule has 7 nitrogen and oxygen atoms in total. The average molecular weight is 723 g/mol. The van der Waals surface area contributed by atoms with Crippen LogP contribution in [-0.4, -0.2) is 74.3 Å². The van der Waals surface area contributed by atoms with Crippen molar-refractivity contribution in [2.45, 2.75) is 52.9 Å². The zero-order valence-electron chi connectivity index (χ0n) is 26.3. The highest BCUT2D eigenvalue weighted by Crippen LogP contribution is 2.10. The number of benzene rings is 2. The molecule has 0 unspecified atom stereocenters. The number of aryl methyl sites for hydroxylation is 1. The van der Waals surface area contributed by atoms with Crippen LogP contribution in [0.5, 0.6) is 5.75 Å². The van der Waals surface area contributed by atoms with Crippen LogP contribution in [0.3, 0.4) is 0 Å². The lowest BCUT2D eigenvalue weighted by atomic mass is 10.1. The van der Waals surface area contributed by atoms with Crippen LogP contribution >= 0.6 is 73.3 Å². The van der Waals surface area contributed by atoms with Crippen molar-refractivity contribution in [3.8, 4) is 5.75 Å². The Kier molecular flexibility index (Phi) is 22.3. The lowest BCUT2D eigenvalue weighted by Crippen LogP contribution is -2.32. The van der Waals surface area contributed by atoms with Gasteiger partial charge in [0.1, 0.15) is 15.7 Å². The van der Waals surface area contributed by atoms with Gasteiger partial charge in [-0.15, -0.1) is 0 Å². The van der Waals surface area contributed by atoms with E-state index in [1.165, 1.54) is 5.56 Å². The topological polar surface area (TPSA) is 92.4 Å². The molecule has 0 aliphatic carbocycles. The number of thiocarbonyl (C=S) groups is 6. The normalized spacial score (nSPS) is 9.93. The molecule has 0 atom stereocenters. The van der Waals surface area contributed by atoms with Gasteiger partial charge in [-0.2, -0.15) is 0 Å². The molecule has 0 heterocycles. The summed E-state index contributed by atoms with van der Waals surface area (Å²) in [6.07, 6.45) is 4.13. The Labute approximate surface area is 301 Å². The second-order valence-corrected chi connectivity index (χ2v) is 12.7. The number of nitrogens with one attached hydrogen (secondary N) is 6. The van der Waals surface area contributed by atoms with Gasteiger partial charge in [0.2, 0.25) is 0 Å². The zero-order chi connectivity index (χ0) is 33.5. The summed E-state index contributed by atoms with van der Waals surface area (Å²) in [6, 6.07) is 15.0. The van der Waals surface area contributed by atoms with Crippen LogP contribution < -0.4 is 31.9 Å². The Bertz CT molecular complexity index is 1240. The maximum atomic E-state index is 9.25. The van der Waals surface area contributed by atoms with E-state index in [4.69, 9.17) is 73.3 Å². The fourth-order valence-electron chi connectivity index (χ4n) is 3.55. The third-order valence-corrected chi connectivity index (χ3v) is 8.17. The number of rotatable bonds is 17. The van der Waals surface area contributed by atoms with Gasteiger partial charge in [0, 0.05) is 76.1 Å². The Morgan fingerprint density at radius 3 is 1.27 bits per heavy atom. The van der Waals surface area contributed by atoms with Gasteiger partial charge in [0.25, 0.3) is 0 Å². The van der Waals surface area contributed by atoms with Gasteiger partial charge in [-0.3, -0.25) is 0 Å². The van der Waals surface area contributed by atoms with Gasteiger partial charge in [0.15, 0.2) is 0 Å². The molecule has 0 aromatic heterocycles. The van der Waals surface area contributed by atoms with Crippen molar-refractivity contribution in [2.24, 2.45) is 0 Å². The van der Waals surface area contributed by atoms with Crippen LogP contribution in [-0.2, 0) is 0 Å². The first-order valence-corrected chi connectivity index (χ1v) is 17.5. The highest BCUT2D eigenvalue weighted by atomic mass is 32.1. The summed E-state index contributed by atoms with van der Waals surface area (Å²) >= 11 is 31.6. The summed E-state index contributed by atoms with van der Waals surface area (Å²) in [4.78, 5) is 4.78. The molecule has 0 saturated carbocycles. The molecular weight excluding hydrogens is 677 g/mol. The standard InChI is InChI=1S/C16H23N3OS3.C16H23N3S3/c1-2-9-17-14(21)7-10-18-15(22)8-11-19-16(23)12-3-5-13(20)6-4-12;1-3-17-14(20)8-10-18-15(21)9-11-19-16(22)13-6-4-12(2)5-7-13/h3-6,20H,2,7-11H2,1H3,(H,17,21)(H,18,22)(H,19,23);4-7H,3,8-11H2,1-2H3,(H,17,20)(H,18,21)(H,19,22). The van der Waals surface area contributed by atoms with Crippen LogP contribution in [0.25, 0.3) is 0 Å². The number of hydrogen-bond donors (Lipinski definition) is 7. The van der Waals surface area contributed by atoms with Gasteiger partial charge in [-0.1, -0.05) is 110 Å². The smallest absolute Gasteiger partial charge is 0.115 e. The number of aromatic hydroxyl groups is 1. The Morgan fingerprint density at radius 1 is 0.511 bits per heavy atom. The summed E-state index contributed by atoms with van der Waals surface area (Å²) in [7, 11) is 0. The molecule has 2 rings (SSSR count). The predicted molar refractivity (Wildman–Crippen MR) is 216 cm³/mol. The van der Waals surface area contributed by atoms with E-state index in [0.29, 0.717) is 18.0 Å². The van der Waals surface area contributed by atoms with E-state index in [9.17, 15) is 5.11 Å². The molecule has 246 valence electrons. The summed E-state index contributed by atoms with van der Waals surface area (Å²) < 4.78 is 0. The minimum Gasteiger partial charge on any atom is -0.508 e. The van der Waals surface area contributed by atoms with Crippen LogP contribution in [0, 0.1) is 6.92 Å². The van der Waals surface area contributed by atoms with Crippen molar-refractivity contribution >= 4 is 103 Å². The third kappa shape index (κ3) is 20.3. The highest BCUT2D eigenvalue weighted by molar-refractivity contribution is 7.81. The highest BCUT2D eigenvalue weighted by Gasteiger charge is 2.04. The van der Waals surface area contributed by atoms with E-state index in [-0.39, 0.29) is 5.75 Å². The molecule has 7 N–H and O–H groups in total. The first-order chi connectivity index (χ1) is 21.5. The van der Waals surface area contributed by atoms with Crippen molar-refractivity contribution in [1.82, 2.24) is 31.9 Å². The van der Waals surface area contributed by atoms with E-state index >= 15 is 0 Å². The second kappa shape index (κ2) is 24.8. The van der Waals surface area contributed by atoms with Crippen molar-refractivity contribution < 1.29 is 5.11 Å². The molecular formula is C32H46N6OS6. The molecule has 0 fully saturated rings. The summed E-state index contributed by atoms with van der Waals surface area (Å²) in [6.45, 7) is 10.9. The fraction of sp³-hybridized carbons (Fsp3) is 0.438. The molecule has 2 aromatic rings. The molecule has 0 bridgehead atoms. The number of phenols is 1. The minimum absolute atomic E-state index is 0.230. The summed E-state index contributed by atoms with van der Waals surface area (Å²) in [5, 5.41) is 28.4. The van der Waals surface area contributed by atoms with Crippen molar-refractivity contribution in [1.29, 1.82) is 0 Å². The Balaban J connectivity index is 0.000000450. The largest absolute Gasteiger partial charge is 0.508 e. The molecule has 0 saturated heterocycles. The average Bonchev–Trinajstić information content (AvgIpc) is 3.01. The van der Waals surface area contributed by atoms with E-state index < -0.39 is 0 Å². The van der Waals surface area contributed by atoms with E-state index in [1.54, 1.807) is 24.3 Å². The molecule has 2 aromatic carbocycles. The van der Waals surface area contributed by atoms with Gasteiger partial charge in [-0.05, 0) is 44.5 Å². The molecule has 0 spiro atoms. The Morgan fingerprint density at radius 2 is 0.867 bits per heavy atom. The van der Waals surface area contributed by atoms with E-state index in [2.05, 4.69) is 57.9 Å². The predicted octanol–water partition coefficient (Wildman–Crippen LogP) is 5.58. The quantitative estimate of drug-likeness (QED) is 0.104. The molecule has 0 radical (unpaired) electrons. The number of hydrogen-bond acceptors (Lipinski definition) is 7. The minimum atomic E-state index is 0.230. The summed E-state index contributed by atoms with van der Waals surface area (Å²) in [5.74, 6) is 0.230. The maximum absolute atomic E-state index is 9.25. The van der Waals surface area contributed by atoms with Crippen molar-refractivity contribution in [2.75, 3.05) is 39.3 Å². The lowest BCUT2D eigenvalue weighted by molar-refractivity contribution is 0.475. The van der Waals surface area contributed by atoms with E-state index in [1.807, 2.05) is 19.1 Å². The molecule has 45 heavy (non-hydrogen) atoms. The first-order valence-electron chi connectivity index (χ1n) is 15.0. The van der Waals surface area contributed by atoms with Crippen LogP contribution in [0.4, 0.5) is 0 Å². The van der Waals surface area contributed by atoms with Crippen molar-refractivity contribution in [3.63, 3.8) is 0 Å². The van der Waals surface area contributed by atoms with Crippen LogP contribution in [0.1, 0.15) is 62.6 Å². The lowest BCUT2D eigenvalue weighted by Gasteiger charge is -2.11. The van der Waals surface area contributed by atoms with Gasteiger partial charge in [-0.25, -0.2) is 0 Å². The Hall–Kier alpha value is -2.42. The van der Waals surface area contributed by atoms with Gasteiger partial charge >= 0.3 is 0 Å². The number of phenolic OH excluding ortho intramolecular Hbond substituents is 1. The van der Waals surface area contributed by atoms with E-state index in [0.717, 1.165) is 94.5 Å². The SMILES string of the molecule is CCCNC(=S)CCNC(=S)CCNC(=S)c1ccc(O)cc1.CCNC(=S)CCNC(=S)CCNC(=S)c1ccc(C)cc1. The molecule has 13 heteroatoms. The van der Waals surface area contributed by atoms with Gasteiger partial charge < -0.3 is 37.0 Å². The molecule has 0 aliphatic heterocycles. The molecule has 0 amide bonds. The van der Waals surface area contributed by atoms with Gasteiger partial charge in [0.05, 0.1) is 20.0 Å².